The first-order chi connectivity index (χ1) is 14.0. The van der Waals surface area contributed by atoms with Gasteiger partial charge in [0.05, 0.1) is 11.1 Å². The van der Waals surface area contributed by atoms with Crippen molar-refractivity contribution in [3.63, 3.8) is 0 Å². The summed E-state index contributed by atoms with van der Waals surface area (Å²) in [5, 5.41) is 6.20. The minimum Gasteiger partial charge on any atom is -0.492 e. The standard InChI is InChI=1S/C23H29BrN2O2S/c1-4-6-7-8-14-28-20-13-12-18(15-19(20)24)22(27)26-23(29)25-21-16(3)10-9-11-17(21)5-2/h9-13,15H,4-8,14H2,1-3H3,(H2,25,26,27,29). The third kappa shape index (κ3) is 7.12. The zero-order valence-electron chi connectivity index (χ0n) is 17.3. The predicted molar refractivity (Wildman–Crippen MR) is 128 cm³/mol. The summed E-state index contributed by atoms with van der Waals surface area (Å²) in [7, 11) is 0. The molecule has 29 heavy (non-hydrogen) atoms. The number of benzene rings is 2. The molecule has 0 heterocycles. The second kappa shape index (κ2) is 11.9. The van der Waals surface area contributed by atoms with Crippen LogP contribution in [-0.4, -0.2) is 17.6 Å². The largest absolute Gasteiger partial charge is 0.492 e. The van der Waals surface area contributed by atoms with Gasteiger partial charge in [-0.25, -0.2) is 0 Å². The molecule has 6 heteroatoms. The van der Waals surface area contributed by atoms with Crippen LogP contribution < -0.4 is 15.4 Å². The number of para-hydroxylation sites is 1. The van der Waals surface area contributed by atoms with Crippen LogP contribution in [0.4, 0.5) is 5.69 Å². The van der Waals surface area contributed by atoms with Crippen molar-refractivity contribution in [2.24, 2.45) is 0 Å². The number of carbonyl (C=O) groups excluding carboxylic acids is 1. The van der Waals surface area contributed by atoms with Gasteiger partial charge in [-0.15, -0.1) is 0 Å². The molecule has 0 fully saturated rings. The zero-order chi connectivity index (χ0) is 21.2. The van der Waals surface area contributed by atoms with Crippen molar-refractivity contribution < 1.29 is 9.53 Å². The molecule has 2 aromatic carbocycles. The van der Waals surface area contributed by atoms with Crippen molar-refractivity contribution in [3.05, 3.63) is 57.6 Å². The maximum Gasteiger partial charge on any atom is 0.257 e. The Hall–Kier alpha value is -1.92. The Labute approximate surface area is 187 Å². The monoisotopic (exact) mass is 476 g/mol. The van der Waals surface area contributed by atoms with Gasteiger partial charge in [0.1, 0.15) is 5.75 Å². The Morgan fingerprint density at radius 3 is 2.62 bits per heavy atom. The van der Waals surface area contributed by atoms with Crippen LogP contribution in [0.3, 0.4) is 0 Å². The lowest BCUT2D eigenvalue weighted by molar-refractivity contribution is 0.0977. The van der Waals surface area contributed by atoms with E-state index >= 15 is 0 Å². The topological polar surface area (TPSA) is 50.4 Å². The van der Waals surface area contributed by atoms with Crippen molar-refractivity contribution in [1.29, 1.82) is 0 Å². The van der Waals surface area contributed by atoms with E-state index in [1.807, 2.05) is 25.1 Å². The summed E-state index contributed by atoms with van der Waals surface area (Å²) >= 11 is 8.84. The van der Waals surface area contributed by atoms with Crippen LogP contribution >= 0.6 is 28.1 Å². The first-order valence-electron chi connectivity index (χ1n) is 10.1. The number of ether oxygens (including phenoxy) is 1. The molecule has 2 rings (SSSR count). The molecule has 2 N–H and O–H groups in total. The maximum atomic E-state index is 12.6. The van der Waals surface area contributed by atoms with Gasteiger partial charge < -0.3 is 10.1 Å². The van der Waals surface area contributed by atoms with Crippen LogP contribution in [0.25, 0.3) is 0 Å². The minimum absolute atomic E-state index is 0.260. The highest BCUT2D eigenvalue weighted by Crippen LogP contribution is 2.26. The van der Waals surface area contributed by atoms with Gasteiger partial charge in [0.15, 0.2) is 5.11 Å². The van der Waals surface area contributed by atoms with Crippen LogP contribution in [-0.2, 0) is 6.42 Å². The SMILES string of the molecule is CCCCCCOc1ccc(C(=O)NC(=S)Nc2c(C)cccc2CC)cc1Br. The highest BCUT2D eigenvalue weighted by Gasteiger charge is 2.12. The van der Waals surface area contributed by atoms with Crippen LogP contribution in [0.2, 0.25) is 0 Å². The van der Waals surface area contributed by atoms with Crippen LogP contribution in [0.1, 0.15) is 61.0 Å². The first kappa shape index (κ1) is 23.4. The quantitative estimate of drug-likeness (QED) is 0.324. The molecule has 1 amide bonds. The van der Waals surface area contributed by atoms with E-state index in [0.29, 0.717) is 12.2 Å². The molecule has 0 spiro atoms. The number of halogens is 1. The average molecular weight is 477 g/mol. The number of rotatable bonds is 9. The number of unbranched alkanes of at least 4 members (excludes halogenated alkanes) is 3. The van der Waals surface area contributed by atoms with Gasteiger partial charge in [-0.3, -0.25) is 10.1 Å². The number of aryl methyl sites for hydroxylation is 2. The van der Waals surface area contributed by atoms with Crippen molar-refractivity contribution in [1.82, 2.24) is 5.32 Å². The van der Waals surface area contributed by atoms with E-state index in [2.05, 4.69) is 46.5 Å². The first-order valence-corrected chi connectivity index (χ1v) is 11.3. The van der Waals surface area contributed by atoms with E-state index in [4.69, 9.17) is 17.0 Å². The molecule has 0 saturated heterocycles. The van der Waals surface area contributed by atoms with E-state index < -0.39 is 0 Å². The lowest BCUT2D eigenvalue weighted by Gasteiger charge is -2.15. The van der Waals surface area contributed by atoms with Crippen LogP contribution in [0.5, 0.6) is 5.75 Å². The number of hydrogen-bond acceptors (Lipinski definition) is 3. The Morgan fingerprint density at radius 2 is 1.93 bits per heavy atom. The summed E-state index contributed by atoms with van der Waals surface area (Å²) < 4.78 is 6.56. The Kier molecular flexibility index (Phi) is 9.61. The summed E-state index contributed by atoms with van der Waals surface area (Å²) in [5.74, 6) is 0.482. The molecular weight excluding hydrogens is 448 g/mol. The summed E-state index contributed by atoms with van der Waals surface area (Å²) in [5.41, 5.74) is 3.71. The molecule has 2 aromatic rings. The summed E-state index contributed by atoms with van der Waals surface area (Å²) in [6.07, 6.45) is 5.50. The van der Waals surface area contributed by atoms with Gasteiger partial charge in [0.25, 0.3) is 5.91 Å². The third-order valence-corrected chi connectivity index (χ3v) is 5.48. The number of anilines is 1. The summed E-state index contributed by atoms with van der Waals surface area (Å²) in [6.45, 7) is 6.97. The molecule has 0 aromatic heterocycles. The molecular formula is C23H29BrN2O2S. The van der Waals surface area contributed by atoms with Gasteiger partial charge in [-0.1, -0.05) is 51.3 Å². The van der Waals surface area contributed by atoms with E-state index in [1.165, 1.54) is 19.3 Å². The highest BCUT2D eigenvalue weighted by molar-refractivity contribution is 9.10. The molecule has 0 bridgehead atoms. The molecule has 0 aliphatic heterocycles. The molecule has 0 saturated carbocycles. The number of thiocarbonyl (C=S) groups is 1. The molecule has 0 radical (unpaired) electrons. The maximum absolute atomic E-state index is 12.6. The normalized spacial score (nSPS) is 10.5. The van der Waals surface area contributed by atoms with E-state index in [-0.39, 0.29) is 11.0 Å². The van der Waals surface area contributed by atoms with Crippen molar-refractivity contribution in [2.45, 2.75) is 52.9 Å². The fourth-order valence-corrected chi connectivity index (χ4v) is 3.68. The molecule has 0 unspecified atom stereocenters. The predicted octanol–water partition coefficient (Wildman–Crippen LogP) is 6.41. The second-order valence-corrected chi connectivity index (χ2v) is 8.19. The van der Waals surface area contributed by atoms with Crippen molar-refractivity contribution in [2.75, 3.05) is 11.9 Å². The van der Waals surface area contributed by atoms with Gasteiger partial charge in [0.2, 0.25) is 0 Å². The van der Waals surface area contributed by atoms with Crippen molar-refractivity contribution in [3.8, 4) is 5.75 Å². The molecule has 156 valence electrons. The minimum atomic E-state index is -0.260. The van der Waals surface area contributed by atoms with E-state index in [0.717, 1.165) is 39.9 Å². The van der Waals surface area contributed by atoms with Crippen molar-refractivity contribution >= 4 is 44.9 Å². The molecule has 0 aliphatic rings. The Bertz CT molecular complexity index is 855. The molecule has 0 aliphatic carbocycles. The Morgan fingerprint density at radius 1 is 1.14 bits per heavy atom. The second-order valence-electron chi connectivity index (χ2n) is 6.93. The fourth-order valence-electron chi connectivity index (χ4n) is 2.99. The zero-order valence-corrected chi connectivity index (χ0v) is 19.7. The lowest BCUT2D eigenvalue weighted by Crippen LogP contribution is -2.34. The number of carbonyl (C=O) groups is 1. The lowest BCUT2D eigenvalue weighted by atomic mass is 10.1. The van der Waals surface area contributed by atoms with Gasteiger partial charge >= 0.3 is 0 Å². The summed E-state index contributed by atoms with van der Waals surface area (Å²) in [4.78, 5) is 12.6. The van der Waals surface area contributed by atoms with Crippen LogP contribution in [0.15, 0.2) is 40.9 Å². The van der Waals surface area contributed by atoms with Gasteiger partial charge in [-0.2, -0.15) is 0 Å². The van der Waals surface area contributed by atoms with E-state index in [9.17, 15) is 4.79 Å². The molecule has 4 nitrogen and oxygen atoms in total. The average Bonchev–Trinajstić information content (AvgIpc) is 2.70. The highest BCUT2D eigenvalue weighted by atomic mass is 79.9. The smallest absolute Gasteiger partial charge is 0.257 e. The van der Waals surface area contributed by atoms with E-state index in [1.54, 1.807) is 12.1 Å². The van der Waals surface area contributed by atoms with Gasteiger partial charge in [0, 0.05) is 11.3 Å². The Balaban J connectivity index is 1.95. The fraction of sp³-hybridized carbons (Fsp3) is 0.391. The van der Waals surface area contributed by atoms with Crippen LogP contribution in [0, 0.1) is 6.92 Å². The molecule has 0 atom stereocenters. The number of amides is 1. The van der Waals surface area contributed by atoms with Gasteiger partial charge in [-0.05, 0) is 77.2 Å². The number of nitrogens with one attached hydrogen (secondary N) is 2. The number of hydrogen-bond donors (Lipinski definition) is 2. The third-order valence-electron chi connectivity index (χ3n) is 4.66. The summed E-state index contributed by atoms with van der Waals surface area (Å²) in [6, 6.07) is 11.4.